The number of aromatic nitrogens is 1. The zero-order chi connectivity index (χ0) is 21.1. The van der Waals surface area contributed by atoms with Crippen molar-refractivity contribution in [2.75, 3.05) is 0 Å². The smallest absolute Gasteiger partial charge is 0.279 e. The summed E-state index contributed by atoms with van der Waals surface area (Å²) in [6, 6.07) is 21.8. The molecule has 0 spiro atoms. The van der Waals surface area contributed by atoms with Crippen molar-refractivity contribution in [3.05, 3.63) is 111 Å². The maximum Gasteiger partial charge on any atom is 0.279 e. The van der Waals surface area contributed by atoms with Crippen LogP contribution in [0.3, 0.4) is 0 Å². The Labute approximate surface area is 184 Å². The number of rotatable bonds is 5. The maximum atomic E-state index is 12.8. The first-order valence-corrected chi connectivity index (χ1v) is 10.9. The number of carbonyl (C=O) groups is 1. The predicted molar refractivity (Wildman–Crippen MR) is 125 cm³/mol. The lowest BCUT2D eigenvalue weighted by atomic mass is 10.0. The number of allylic oxidation sites excluding steroid dienone is 1. The number of fused-ring (bicyclic) bond motifs is 1. The van der Waals surface area contributed by atoms with Crippen LogP contribution < -0.4 is 4.80 Å². The fraction of sp³-hybridized carbons (Fsp3) is 0.120. The number of hydrogen-bond acceptors (Lipinski definition) is 2. The van der Waals surface area contributed by atoms with Gasteiger partial charge >= 0.3 is 0 Å². The van der Waals surface area contributed by atoms with E-state index in [9.17, 15) is 4.79 Å². The molecule has 1 heterocycles. The van der Waals surface area contributed by atoms with E-state index in [1.54, 1.807) is 6.08 Å². The molecule has 0 saturated heterocycles. The van der Waals surface area contributed by atoms with Gasteiger partial charge in [0.25, 0.3) is 5.91 Å². The molecule has 0 fully saturated rings. The fourth-order valence-electron chi connectivity index (χ4n) is 3.45. The molecule has 0 bridgehead atoms. The molecule has 0 atom stereocenters. The van der Waals surface area contributed by atoms with Gasteiger partial charge in [-0.15, -0.1) is 6.58 Å². The Hall–Kier alpha value is -2.95. The van der Waals surface area contributed by atoms with Gasteiger partial charge in [0.2, 0.25) is 0 Å². The molecule has 1 aromatic heterocycles. The summed E-state index contributed by atoms with van der Waals surface area (Å²) < 4.78 is 3.04. The van der Waals surface area contributed by atoms with Crippen LogP contribution in [0.5, 0.6) is 0 Å². The first-order valence-electron chi connectivity index (χ1n) is 9.68. The Morgan fingerprint density at radius 1 is 1.07 bits per heavy atom. The molecular formula is C25H21ClN2OS. The van der Waals surface area contributed by atoms with Gasteiger partial charge in [-0.2, -0.15) is 4.99 Å². The van der Waals surface area contributed by atoms with E-state index in [1.807, 2.05) is 66.1 Å². The molecule has 0 aliphatic carbocycles. The molecule has 0 aliphatic heterocycles. The van der Waals surface area contributed by atoms with E-state index in [1.165, 1.54) is 16.9 Å². The van der Waals surface area contributed by atoms with E-state index in [0.29, 0.717) is 21.9 Å². The Kier molecular flexibility index (Phi) is 5.98. The number of nitrogens with zero attached hydrogens (tertiary/aromatic N) is 2. The molecule has 1 amide bonds. The molecule has 3 aromatic carbocycles. The van der Waals surface area contributed by atoms with E-state index in [-0.39, 0.29) is 5.91 Å². The van der Waals surface area contributed by atoms with Gasteiger partial charge in [-0.1, -0.05) is 71.5 Å². The van der Waals surface area contributed by atoms with Crippen molar-refractivity contribution in [1.82, 2.24) is 4.57 Å². The largest absolute Gasteiger partial charge is 0.312 e. The van der Waals surface area contributed by atoms with Crippen molar-refractivity contribution in [3.8, 4) is 0 Å². The number of carbonyl (C=O) groups excluding carboxylic acids is 1. The topological polar surface area (TPSA) is 34.4 Å². The SMILES string of the molecule is C=CCn1c(=NC(=O)c2ccc(Cc3ccccc3)cc2)sc2ccc(Cl)c(C)c21. The van der Waals surface area contributed by atoms with Gasteiger partial charge in [0.15, 0.2) is 4.80 Å². The highest BCUT2D eigenvalue weighted by atomic mass is 35.5. The molecule has 0 unspecified atom stereocenters. The van der Waals surface area contributed by atoms with Crippen LogP contribution in [0.25, 0.3) is 10.2 Å². The van der Waals surface area contributed by atoms with Gasteiger partial charge in [0.1, 0.15) is 0 Å². The van der Waals surface area contributed by atoms with E-state index in [4.69, 9.17) is 11.6 Å². The third-order valence-electron chi connectivity index (χ3n) is 4.99. The second kappa shape index (κ2) is 8.82. The minimum atomic E-state index is -0.255. The van der Waals surface area contributed by atoms with Crippen LogP contribution in [0.4, 0.5) is 0 Å². The summed E-state index contributed by atoms with van der Waals surface area (Å²) in [6.45, 7) is 6.38. The summed E-state index contributed by atoms with van der Waals surface area (Å²) in [7, 11) is 0. The lowest BCUT2D eigenvalue weighted by Gasteiger charge is -2.05. The molecule has 0 aliphatic rings. The predicted octanol–water partition coefficient (Wildman–Crippen LogP) is 6.18. The summed E-state index contributed by atoms with van der Waals surface area (Å²) in [4.78, 5) is 17.9. The lowest BCUT2D eigenvalue weighted by molar-refractivity contribution is 0.0998. The summed E-state index contributed by atoms with van der Waals surface area (Å²) in [6.07, 6.45) is 2.64. The van der Waals surface area contributed by atoms with Gasteiger partial charge in [-0.05, 0) is 54.3 Å². The molecule has 0 saturated carbocycles. The second-order valence-corrected chi connectivity index (χ2v) is 8.50. The summed E-state index contributed by atoms with van der Waals surface area (Å²) in [5.41, 5.74) is 4.95. The maximum absolute atomic E-state index is 12.8. The minimum absolute atomic E-state index is 0.255. The highest BCUT2D eigenvalue weighted by Gasteiger charge is 2.12. The summed E-state index contributed by atoms with van der Waals surface area (Å²) in [5, 5.41) is 0.699. The fourth-order valence-corrected chi connectivity index (χ4v) is 4.70. The van der Waals surface area contributed by atoms with Crippen molar-refractivity contribution >= 4 is 39.1 Å². The molecule has 4 rings (SSSR count). The summed E-state index contributed by atoms with van der Waals surface area (Å²) in [5.74, 6) is -0.255. The van der Waals surface area contributed by atoms with Crippen LogP contribution in [0.1, 0.15) is 27.0 Å². The highest BCUT2D eigenvalue weighted by molar-refractivity contribution is 7.16. The third kappa shape index (κ3) is 4.16. The molecule has 4 aromatic rings. The van der Waals surface area contributed by atoms with Crippen molar-refractivity contribution < 1.29 is 4.79 Å². The molecule has 30 heavy (non-hydrogen) atoms. The molecule has 0 N–H and O–H groups in total. The van der Waals surface area contributed by atoms with Crippen molar-refractivity contribution in [3.63, 3.8) is 0 Å². The zero-order valence-corrected chi connectivity index (χ0v) is 18.2. The Morgan fingerprint density at radius 3 is 2.47 bits per heavy atom. The number of benzene rings is 3. The van der Waals surface area contributed by atoms with Crippen molar-refractivity contribution in [1.29, 1.82) is 0 Å². The van der Waals surface area contributed by atoms with E-state index in [0.717, 1.165) is 27.8 Å². The molecule has 150 valence electrons. The normalized spacial score (nSPS) is 11.7. The summed E-state index contributed by atoms with van der Waals surface area (Å²) >= 11 is 7.80. The quantitative estimate of drug-likeness (QED) is 0.346. The number of thiazole rings is 1. The van der Waals surface area contributed by atoms with Gasteiger partial charge in [0, 0.05) is 17.1 Å². The van der Waals surface area contributed by atoms with Gasteiger partial charge < -0.3 is 4.57 Å². The average Bonchev–Trinajstić information content (AvgIpc) is 3.10. The number of aryl methyl sites for hydroxylation is 1. The first-order chi connectivity index (χ1) is 14.6. The van der Waals surface area contributed by atoms with Gasteiger partial charge in [-0.25, -0.2) is 0 Å². The van der Waals surface area contributed by atoms with Crippen LogP contribution in [-0.4, -0.2) is 10.5 Å². The van der Waals surface area contributed by atoms with E-state index >= 15 is 0 Å². The highest BCUT2D eigenvalue weighted by Crippen LogP contribution is 2.27. The first kappa shape index (κ1) is 20.3. The van der Waals surface area contributed by atoms with Crippen molar-refractivity contribution in [2.24, 2.45) is 4.99 Å². The molecule has 5 heteroatoms. The van der Waals surface area contributed by atoms with Crippen LogP contribution in [0.15, 0.2) is 84.4 Å². The van der Waals surface area contributed by atoms with Crippen LogP contribution >= 0.6 is 22.9 Å². The monoisotopic (exact) mass is 432 g/mol. The zero-order valence-electron chi connectivity index (χ0n) is 16.6. The Morgan fingerprint density at radius 2 is 1.77 bits per heavy atom. The molecular weight excluding hydrogens is 412 g/mol. The standard InChI is InChI=1S/C25H21ClN2OS/c1-3-15-28-23-17(2)21(26)13-14-22(23)30-25(28)27-24(29)20-11-9-19(10-12-20)16-18-7-5-4-6-8-18/h3-14H,1,15-16H2,2H3. The van der Waals surface area contributed by atoms with Crippen LogP contribution in [0, 0.1) is 6.92 Å². The number of amides is 1. The van der Waals surface area contributed by atoms with E-state index < -0.39 is 0 Å². The Balaban J connectivity index is 1.67. The van der Waals surface area contributed by atoms with Gasteiger partial charge in [-0.3, -0.25) is 4.79 Å². The number of halogens is 1. The van der Waals surface area contributed by atoms with Crippen LogP contribution in [-0.2, 0) is 13.0 Å². The van der Waals surface area contributed by atoms with Crippen molar-refractivity contribution in [2.45, 2.75) is 19.9 Å². The lowest BCUT2D eigenvalue weighted by Crippen LogP contribution is -2.16. The number of hydrogen-bond donors (Lipinski definition) is 0. The Bertz CT molecular complexity index is 1280. The minimum Gasteiger partial charge on any atom is -0.312 e. The molecule has 0 radical (unpaired) electrons. The molecule has 3 nitrogen and oxygen atoms in total. The van der Waals surface area contributed by atoms with E-state index in [2.05, 4.69) is 23.7 Å². The second-order valence-electron chi connectivity index (χ2n) is 7.08. The van der Waals surface area contributed by atoms with Gasteiger partial charge in [0.05, 0.1) is 10.2 Å². The third-order valence-corrected chi connectivity index (χ3v) is 6.44. The van der Waals surface area contributed by atoms with Crippen LogP contribution in [0.2, 0.25) is 5.02 Å². The average molecular weight is 433 g/mol.